The van der Waals surface area contributed by atoms with Crippen LogP contribution in [0.15, 0.2) is 0 Å². The highest BCUT2D eigenvalue weighted by Gasteiger charge is 2.03. The summed E-state index contributed by atoms with van der Waals surface area (Å²) in [4.78, 5) is 11.7. The topological polar surface area (TPSA) is 137 Å². The van der Waals surface area contributed by atoms with Gasteiger partial charge in [-0.1, -0.05) is 65.7 Å². The van der Waals surface area contributed by atoms with Crippen molar-refractivity contribution in [2.45, 2.75) is 78.6 Å². The quantitative estimate of drug-likeness (QED) is 0.0612. The largest absolute Gasteiger partial charge is 0.463 e. The SMILES string of the molecule is CCCCCCCCCC(=O)OCCOCCOCCOCCOCCOCCOCCOCCOCCOCCOCCOCCOCC(C)CC. The Morgan fingerprint density at radius 2 is 0.623 bits per heavy atom. The summed E-state index contributed by atoms with van der Waals surface area (Å²) in [6.45, 7) is 19.3. The summed E-state index contributed by atoms with van der Waals surface area (Å²) in [6, 6.07) is 0. The maximum atomic E-state index is 11.7. The van der Waals surface area contributed by atoms with Gasteiger partial charge in [-0.05, 0) is 12.3 Å². The standard InChI is InChI=1S/C39H78O14/c1-4-6-7-8-9-10-11-12-39(40)53-36-35-51-32-31-49-28-27-47-24-23-45-20-19-43-16-15-41-13-14-42-17-18-44-21-22-46-25-26-48-29-30-50-33-34-52-37-38(3)5-2/h38H,4-37H2,1-3H3. The van der Waals surface area contributed by atoms with Crippen molar-refractivity contribution < 1.29 is 66.4 Å². The van der Waals surface area contributed by atoms with Crippen molar-refractivity contribution in [1.29, 1.82) is 0 Å². The summed E-state index contributed by atoms with van der Waals surface area (Å²) < 4.78 is 71.1. The first-order chi connectivity index (χ1) is 26.2. The molecule has 0 radical (unpaired) electrons. The number of ether oxygens (including phenoxy) is 13. The van der Waals surface area contributed by atoms with Crippen LogP contribution in [0, 0.1) is 5.92 Å². The van der Waals surface area contributed by atoms with E-state index in [0.29, 0.717) is 164 Å². The van der Waals surface area contributed by atoms with Crippen LogP contribution in [0.25, 0.3) is 0 Å². The van der Waals surface area contributed by atoms with E-state index < -0.39 is 0 Å². The van der Waals surface area contributed by atoms with E-state index in [0.717, 1.165) is 25.9 Å². The predicted molar refractivity (Wildman–Crippen MR) is 203 cm³/mol. The lowest BCUT2D eigenvalue weighted by Crippen LogP contribution is -2.16. The van der Waals surface area contributed by atoms with Gasteiger partial charge in [-0.3, -0.25) is 4.79 Å². The van der Waals surface area contributed by atoms with E-state index in [4.69, 9.17) is 61.6 Å². The lowest BCUT2D eigenvalue weighted by Gasteiger charge is -2.10. The van der Waals surface area contributed by atoms with Crippen molar-refractivity contribution in [2.75, 3.05) is 165 Å². The van der Waals surface area contributed by atoms with Crippen molar-refractivity contribution in [3.63, 3.8) is 0 Å². The molecule has 0 amide bonds. The Bertz CT molecular complexity index is 691. The van der Waals surface area contributed by atoms with Gasteiger partial charge in [0, 0.05) is 13.0 Å². The molecule has 14 nitrogen and oxygen atoms in total. The fourth-order valence-corrected chi connectivity index (χ4v) is 4.33. The first-order valence-electron chi connectivity index (χ1n) is 20.3. The Kier molecular flexibility index (Phi) is 46.2. The molecule has 0 aliphatic carbocycles. The first kappa shape index (κ1) is 52.0. The van der Waals surface area contributed by atoms with E-state index in [1.165, 1.54) is 32.1 Å². The maximum Gasteiger partial charge on any atom is 0.305 e. The van der Waals surface area contributed by atoms with Gasteiger partial charge in [0.15, 0.2) is 0 Å². The molecular formula is C39H78O14. The molecule has 0 fully saturated rings. The van der Waals surface area contributed by atoms with Gasteiger partial charge in [0.05, 0.1) is 152 Å². The Morgan fingerprint density at radius 1 is 0.358 bits per heavy atom. The van der Waals surface area contributed by atoms with E-state index in [1.807, 2.05) is 0 Å². The van der Waals surface area contributed by atoms with Crippen LogP contribution in [0.1, 0.15) is 78.6 Å². The molecule has 0 saturated heterocycles. The lowest BCUT2D eigenvalue weighted by atomic mass is 10.1. The summed E-state index contributed by atoms with van der Waals surface area (Å²) in [5.74, 6) is 0.453. The molecule has 1 atom stereocenters. The molecule has 1 unspecified atom stereocenters. The van der Waals surface area contributed by atoms with Crippen LogP contribution < -0.4 is 0 Å². The molecule has 0 bridgehead atoms. The third-order valence-electron chi connectivity index (χ3n) is 7.67. The van der Waals surface area contributed by atoms with Crippen molar-refractivity contribution in [1.82, 2.24) is 0 Å². The zero-order valence-corrected chi connectivity index (χ0v) is 33.8. The molecule has 0 aliphatic rings. The molecule has 0 heterocycles. The van der Waals surface area contributed by atoms with Crippen molar-refractivity contribution in [3.8, 4) is 0 Å². The van der Waals surface area contributed by atoms with E-state index in [1.54, 1.807) is 0 Å². The number of hydrogen-bond donors (Lipinski definition) is 0. The molecule has 0 N–H and O–H groups in total. The Morgan fingerprint density at radius 3 is 0.925 bits per heavy atom. The second-order valence-electron chi connectivity index (χ2n) is 12.4. The molecule has 318 valence electrons. The van der Waals surface area contributed by atoms with E-state index in [9.17, 15) is 4.79 Å². The summed E-state index contributed by atoms with van der Waals surface area (Å²) >= 11 is 0. The normalized spacial score (nSPS) is 12.1. The van der Waals surface area contributed by atoms with Crippen molar-refractivity contribution in [2.24, 2.45) is 5.92 Å². The maximum absolute atomic E-state index is 11.7. The van der Waals surface area contributed by atoms with Gasteiger partial charge in [-0.15, -0.1) is 0 Å². The second-order valence-corrected chi connectivity index (χ2v) is 12.4. The average molecular weight is 771 g/mol. The van der Waals surface area contributed by atoms with Crippen LogP contribution in [0.4, 0.5) is 0 Å². The van der Waals surface area contributed by atoms with Crippen LogP contribution in [0.3, 0.4) is 0 Å². The molecule has 0 rings (SSSR count). The van der Waals surface area contributed by atoms with Gasteiger partial charge >= 0.3 is 5.97 Å². The Balaban J connectivity index is 3.10. The molecule has 0 aromatic carbocycles. The zero-order valence-electron chi connectivity index (χ0n) is 33.8. The van der Waals surface area contributed by atoms with Crippen molar-refractivity contribution in [3.05, 3.63) is 0 Å². The van der Waals surface area contributed by atoms with Gasteiger partial charge in [-0.25, -0.2) is 0 Å². The minimum atomic E-state index is -0.141. The second kappa shape index (κ2) is 47.1. The minimum Gasteiger partial charge on any atom is -0.463 e. The highest BCUT2D eigenvalue weighted by Crippen LogP contribution is 2.08. The van der Waals surface area contributed by atoms with Gasteiger partial charge in [0.1, 0.15) is 6.61 Å². The predicted octanol–water partition coefficient (Wildman–Crippen LogP) is 4.92. The summed E-state index contributed by atoms with van der Waals surface area (Å²) in [7, 11) is 0. The molecule has 0 saturated carbocycles. The first-order valence-corrected chi connectivity index (χ1v) is 20.3. The van der Waals surface area contributed by atoms with Crippen LogP contribution in [0.2, 0.25) is 0 Å². The highest BCUT2D eigenvalue weighted by molar-refractivity contribution is 5.69. The Labute approximate surface area is 321 Å². The summed E-state index contributed by atoms with van der Waals surface area (Å²) in [5.41, 5.74) is 0. The summed E-state index contributed by atoms with van der Waals surface area (Å²) in [5, 5.41) is 0. The van der Waals surface area contributed by atoms with Crippen LogP contribution in [-0.2, 0) is 66.4 Å². The number of carbonyl (C=O) groups excluding carboxylic acids is 1. The molecule has 0 aliphatic heterocycles. The van der Waals surface area contributed by atoms with Crippen molar-refractivity contribution >= 4 is 5.97 Å². The van der Waals surface area contributed by atoms with Gasteiger partial charge in [-0.2, -0.15) is 0 Å². The minimum absolute atomic E-state index is 0.141. The number of rotatable bonds is 47. The fraction of sp³-hybridized carbons (Fsp3) is 0.974. The number of esters is 1. The molecular weight excluding hydrogens is 692 g/mol. The third-order valence-corrected chi connectivity index (χ3v) is 7.67. The van der Waals surface area contributed by atoms with E-state index >= 15 is 0 Å². The molecule has 0 spiro atoms. The number of unbranched alkanes of at least 4 members (excludes halogenated alkanes) is 6. The van der Waals surface area contributed by atoms with Crippen LogP contribution >= 0.6 is 0 Å². The van der Waals surface area contributed by atoms with Crippen LogP contribution in [-0.4, -0.2) is 171 Å². The molecule has 0 aromatic rings. The van der Waals surface area contributed by atoms with Gasteiger partial charge in [0.2, 0.25) is 0 Å². The summed E-state index contributed by atoms with van der Waals surface area (Å²) in [6.07, 6.45) is 9.92. The van der Waals surface area contributed by atoms with E-state index in [2.05, 4.69) is 20.8 Å². The number of hydrogen-bond acceptors (Lipinski definition) is 14. The average Bonchev–Trinajstić information content (AvgIpc) is 3.16. The fourth-order valence-electron chi connectivity index (χ4n) is 4.33. The monoisotopic (exact) mass is 771 g/mol. The third kappa shape index (κ3) is 47.1. The molecule has 14 heteroatoms. The Hall–Kier alpha value is -1.01. The van der Waals surface area contributed by atoms with Gasteiger partial charge < -0.3 is 61.6 Å². The molecule has 53 heavy (non-hydrogen) atoms. The van der Waals surface area contributed by atoms with E-state index in [-0.39, 0.29) is 12.6 Å². The zero-order chi connectivity index (χ0) is 38.4. The van der Waals surface area contributed by atoms with Crippen LogP contribution in [0.5, 0.6) is 0 Å². The smallest absolute Gasteiger partial charge is 0.305 e. The number of carbonyl (C=O) groups is 1. The lowest BCUT2D eigenvalue weighted by molar-refractivity contribution is -0.145. The van der Waals surface area contributed by atoms with Gasteiger partial charge in [0.25, 0.3) is 0 Å². The highest BCUT2D eigenvalue weighted by atomic mass is 16.6. The molecule has 0 aromatic heterocycles.